The number of carbonyl (C=O) groups is 1. The zero-order valence-corrected chi connectivity index (χ0v) is 17.6. The predicted molar refractivity (Wildman–Crippen MR) is 115 cm³/mol. The van der Waals surface area contributed by atoms with E-state index in [0.29, 0.717) is 35.9 Å². The smallest absolute Gasteiger partial charge is 0.265 e. The van der Waals surface area contributed by atoms with Gasteiger partial charge in [0.25, 0.3) is 5.91 Å². The lowest BCUT2D eigenvalue weighted by atomic mass is 10.2. The van der Waals surface area contributed by atoms with Gasteiger partial charge in [0, 0.05) is 18.8 Å². The number of hydrogen-bond acceptors (Lipinski definition) is 5. The fourth-order valence-electron chi connectivity index (χ4n) is 2.45. The van der Waals surface area contributed by atoms with Crippen molar-refractivity contribution >= 4 is 27.3 Å². The zero-order chi connectivity index (χ0) is 21.4. The molecular weight excluding hydrogens is 392 g/mol. The van der Waals surface area contributed by atoms with Crippen LogP contribution in [0.5, 0.6) is 11.5 Å². The summed E-state index contributed by atoms with van der Waals surface area (Å²) in [6, 6.07) is 13.6. The van der Waals surface area contributed by atoms with Crippen molar-refractivity contribution in [3.8, 4) is 11.5 Å². The average molecular weight is 419 g/mol. The molecule has 0 heterocycles. The molecule has 0 aromatic heterocycles. The zero-order valence-electron chi connectivity index (χ0n) is 16.8. The monoisotopic (exact) mass is 418 g/mol. The minimum atomic E-state index is -3.34. The minimum absolute atomic E-state index is 0.286. The molecule has 0 spiro atoms. The van der Waals surface area contributed by atoms with Gasteiger partial charge in [-0.25, -0.2) is 8.42 Å². The van der Waals surface area contributed by atoms with Crippen LogP contribution < -0.4 is 19.1 Å². The highest BCUT2D eigenvalue weighted by atomic mass is 32.2. The molecule has 7 nitrogen and oxygen atoms in total. The minimum Gasteiger partial charge on any atom is -0.489 e. The third-order valence-electron chi connectivity index (χ3n) is 4.11. The van der Waals surface area contributed by atoms with E-state index in [1.807, 2.05) is 6.92 Å². The third kappa shape index (κ3) is 6.53. The Balaban J connectivity index is 2.04. The first-order chi connectivity index (χ1) is 13.7. The van der Waals surface area contributed by atoms with Crippen molar-refractivity contribution in [1.29, 1.82) is 0 Å². The summed E-state index contributed by atoms with van der Waals surface area (Å²) in [7, 11) is -1.87. The molecule has 0 fully saturated rings. The molecule has 2 aromatic rings. The van der Waals surface area contributed by atoms with Crippen LogP contribution in [-0.4, -0.2) is 40.3 Å². The highest BCUT2D eigenvalue weighted by molar-refractivity contribution is 7.92. The molecule has 0 saturated carbocycles. The lowest BCUT2D eigenvalue weighted by Gasteiger charge is -2.19. The molecular formula is C21H26N2O5S. The molecule has 1 atom stereocenters. The number of carbonyl (C=O) groups excluding carboxylic acids is 1. The van der Waals surface area contributed by atoms with Gasteiger partial charge in [0.2, 0.25) is 10.0 Å². The first kappa shape index (κ1) is 22.3. The largest absolute Gasteiger partial charge is 0.489 e. The van der Waals surface area contributed by atoms with Crippen LogP contribution in [0.2, 0.25) is 0 Å². The predicted octanol–water partition coefficient (Wildman–Crippen LogP) is 3.44. The number of amides is 1. The molecule has 8 heteroatoms. The molecule has 0 unspecified atom stereocenters. The van der Waals surface area contributed by atoms with Crippen molar-refractivity contribution < 1.29 is 22.7 Å². The Morgan fingerprint density at radius 1 is 1.21 bits per heavy atom. The van der Waals surface area contributed by atoms with Gasteiger partial charge in [-0.2, -0.15) is 0 Å². The molecule has 0 saturated heterocycles. The van der Waals surface area contributed by atoms with E-state index in [0.717, 1.165) is 6.26 Å². The number of nitrogens with one attached hydrogen (secondary N) is 1. The number of sulfonamides is 1. The average Bonchev–Trinajstić information content (AvgIpc) is 2.70. The van der Waals surface area contributed by atoms with Crippen molar-refractivity contribution in [2.24, 2.45) is 0 Å². The van der Waals surface area contributed by atoms with E-state index in [-0.39, 0.29) is 5.91 Å². The topological polar surface area (TPSA) is 84.9 Å². The quantitative estimate of drug-likeness (QED) is 0.598. The van der Waals surface area contributed by atoms with Gasteiger partial charge in [0.15, 0.2) is 6.10 Å². The maximum absolute atomic E-state index is 12.6. The third-order valence-corrected chi connectivity index (χ3v) is 5.31. The Hall–Kier alpha value is -3.00. The lowest BCUT2D eigenvalue weighted by molar-refractivity contribution is -0.122. The molecule has 156 valence electrons. The van der Waals surface area contributed by atoms with Gasteiger partial charge in [0.1, 0.15) is 18.1 Å². The Kier molecular flexibility index (Phi) is 7.67. The van der Waals surface area contributed by atoms with Gasteiger partial charge in [-0.3, -0.25) is 9.10 Å². The molecule has 0 aliphatic heterocycles. The molecule has 2 rings (SSSR count). The second kappa shape index (κ2) is 9.97. The van der Waals surface area contributed by atoms with Crippen molar-refractivity contribution in [2.45, 2.75) is 19.4 Å². The molecule has 0 aliphatic rings. The van der Waals surface area contributed by atoms with Gasteiger partial charge in [0.05, 0.1) is 11.9 Å². The fraction of sp³-hybridized carbons (Fsp3) is 0.286. The summed E-state index contributed by atoms with van der Waals surface area (Å²) < 4.78 is 35.7. The normalized spacial score (nSPS) is 12.0. The second-order valence-corrected chi connectivity index (χ2v) is 8.37. The molecule has 2 aromatic carbocycles. The molecule has 0 bridgehead atoms. The summed E-state index contributed by atoms with van der Waals surface area (Å²) in [4.78, 5) is 12.6. The van der Waals surface area contributed by atoms with Crippen LogP contribution in [0.4, 0.5) is 11.4 Å². The van der Waals surface area contributed by atoms with Crippen LogP contribution >= 0.6 is 0 Å². The van der Waals surface area contributed by atoms with Crippen LogP contribution in [-0.2, 0) is 14.8 Å². The van der Waals surface area contributed by atoms with Crippen LogP contribution in [0.15, 0.2) is 61.2 Å². The Morgan fingerprint density at radius 2 is 1.90 bits per heavy atom. The fourth-order valence-corrected chi connectivity index (χ4v) is 2.96. The van der Waals surface area contributed by atoms with E-state index in [1.165, 1.54) is 11.4 Å². The summed E-state index contributed by atoms with van der Waals surface area (Å²) in [5.41, 5.74) is 1.11. The summed E-state index contributed by atoms with van der Waals surface area (Å²) in [6.07, 6.45) is 2.53. The summed E-state index contributed by atoms with van der Waals surface area (Å²) in [5.74, 6) is 0.814. The maximum Gasteiger partial charge on any atom is 0.265 e. The van der Waals surface area contributed by atoms with E-state index in [9.17, 15) is 13.2 Å². The Morgan fingerprint density at radius 3 is 2.48 bits per heavy atom. The molecule has 29 heavy (non-hydrogen) atoms. The highest BCUT2D eigenvalue weighted by Gasteiger charge is 2.19. The molecule has 1 amide bonds. The number of hydrogen-bond donors (Lipinski definition) is 1. The second-order valence-electron chi connectivity index (χ2n) is 6.36. The van der Waals surface area contributed by atoms with Crippen molar-refractivity contribution in [2.75, 3.05) is 29.5 Å². The first-order valence-corrected chi connectivity index (χ1v) is 10.9. The number of nitrogens with zero attached hydrogens (tertiary/aromatic N) is 1. The van der Waals surface area contributed by atoms with Gasteiger partial charge < -0.3 is 14.8 Å². The van der Waals surface area contributed by atoms with Gasteiger partial charge in [-0.1, -0.05) is 25.6 Å². The summed E-state index contributed by atoms with van der Waals surface area (Å²) >= 11 is 0. The first-order valence-electron chi connectivity index (χ1n) is 9.09. The molecule has 1 N–H and O–H groups in total. The van der Waals surface area contributed by atoms with Crippen LogP contribution in [0.1, 0.15) is 13.3 Å². The standard InChI is InChI=1S/C21H26N2O5S/c1-5-14-27-19-9-7-8-16(15-19)22-21(24)20(6-2)28-18-12-10-17(11-13-18)23(3)29(4,25)26/h5,7-13,15,20H,1,6,14H2,2-4H3,(H,22,24)/t20-/m0/s1. The van der Waals surface area contributed by atoms with E-state index in [4.69, 9.17) is 9.47 Å². The lowest BCUT2D eigenvalue weighted by Crippen LogP contribution is -2.32. The maximum atomic E-state index is 12.6. The number of rotatable bonds is 10. The van der Waals surface area contributed by atoms with Crippen LogP contribution in [0, 0.1) is 0 Å². The van der Waals surface area contributed by atoms with Crippen molar-refractivity contribution in [3.05, 3.63) is 61.2 Å². The van der Waals surface area contributed by atoms with Gasteiger partial charge in [-0.05, 0) is 42.8 Å². The number of anilines is 2. The van der Waals surface area contributed by atoms with Crippen molar-refractivity contribution in [1.82, 2.24) is 0 Å². The Bertz CT molecular complexity index is 942. The summed E-state index contributed by atoms with van der Waals surface area (Å²) in [5, 5.41) is 2.82. The van der Waals surface area contributed by atoms with Gasteiger partial charge >= 0.3 is 0 Å². The Labute approximate surface area is 172 Å². The van der Waals surface area contributed by atoms with E-state index in [2.05, 4.69) is 11.9 Å². The molecule has 0 aliphatic carbocycles. The van der Waals surface area contributed by atoms with Gasteiger partial charge in [-0.15, -0.1) is 0 Å². The van der Waals surface area contributed by atoms with Crippen molar-refractivity contribution in [3.63, 3.8) is 0 Å². The van der Waals surface area contributed by atoms with Crippen LogP contribution in [0.3, 0.4) is 0 Å². The summed E-state index contributed by atoms with van der Waals surface area (Å²) in [6.45, 7) is 5.83. The highest BCUT2D eigenvalue weighted by Crippen LogP contribution is 2.22. The van der Waals surface area contributed by atoms with E-state index < -0.39 is 16.1 Å². The number of ether oxygens (including phenoxy) is 2. The van der Waals surface area contributed by atoms with E-state index in [1.54, 1.807) is 54.6 Å². The molecule has 0 radical (unpaired) electrons. The number of benzene rings is 2. The SMILES string of the molecule is C=CCOc1cccc(NC(=O)[C@H](CC)Oc2ccc(N(C)S(C)(=O)=O)cc2)c1. The van der Waals surface area contributed by atoms with Crippen LogP contribution in [0.25, 0.3) is 0 Å². The van der Waals surface area contributed by atoms with E-state index >= 15 is 0 Å².